The molecule has 5 heteroatoms. The Labute approximate surface area is 168 Å². The molecule has 2 saturated carbocycles. The summed E-state index contributed by atoms with van der Waals surface area (Å²) < 4.78 is 16.3. The molecule has 2 aliphatic heterocycles. The molecule has 0 aromatic heterocycles. The van der Waals surface area contributed by atoms with Crippen LogP contribution < -0.4 is 0 Å². The minimum atomic E-state index is -0.739. The fourth-order valence-corrected chi connectivity index (χ4v) is 5.14. The highest BCUT2D eigenvalue weighted by atomic mass is 16.7. The lowest BCUT2D eigenvalue weighted by atomic mass is 9.64. The Morgan fingerprint density at radius 3 is 2.46 bits per heavy atom. The van der Waals surface area contributed by atoms with E-state index in [-0.39, 0.29) is 29.4 Å². The molecule has 0 N–H and O–H groups in total. The highest BCUT2D eigenvalue weighted by molar-refractivity contribution is 5.91. The number of esters is 2. The average molecular weight is 391 g/mol. The van der Waals surface area contributed by atoms with Crippen LogP contribution in [0.3, 0.4) is 0 Å². The molecule has 0 radical (unpaired) electrons. The summed E-state index contributed by atoms with van der Waals surface area (Å²) in [5, 5.41) is 0. The lowest BCUT2D eigenvalue weighted by molar-refractivity contribution is -0.152. The van der Waals surface area contributed by atoms with E-state index in [1.165, 1.54) is 25.5 Å². The first-order valence-electron chi connectivity index (χ1n) is 10.6. The maximum Gasteiger partial charge on any atom is 0.337 e. The maximum absolute atomic E-state index is 12.3. The predicted octanol–water partition coefficient (Wildman–Crippen LogP) is 4.77. The number of ether oxygens (including phenoxy) is 3. The number of carbonyl (C=O) groups is 2. The van der Waals surface area contributed by atoms with E-state index in [2.05, 4.69) is 34.6 Å². The smallest absolute Gasteiger partial charge is 0.337 e. The molecule has 2 heterocycles. The lowest BCUT2D eigenvalue weighted by Gasteiger charge is -2.42. The normalized spacial score (nSPS) is 36.9. The Morgan fingerprint density at radius 2 is 1.86 bits per heavy atom. The first kappa shape index (κ1) is 20.9. The van der Waals surface area contributed by atoms with Gasteiger partial charge in [0.1, 0.15) is 6.10 Å². The molecule has 3 fully saturated rings. The standard InChI is InChI=1S/C19H24O5.C4H10/c1-10-7-14(23-17(10)20)22-9-13-12-8-11-5-4-6-19(2,3)15(11)16(12)24-18(13)21;1-4(2)3/h7,9,11-12,14-16H,4-6,8H2,1-3H3;4H,1-3H3/b13-9+;. The molecular weight excluding hydrogens is 356 g/mol. The number of cyclic esters (lactones) is 1. The summed E-state index contributed by atoms with van der Waals surface area (Å²) >= 11 is 0. The zero-order valence-electron chi connectivity index (χ0n) is 18.0. The Balaban J connectivity index is 0.000000516. The highest BCUT2D eigenvalue weighted by Gasteiger charge is 2.58. The highest BCUT2D eigenvalue weighted by Crippen LogP contribution is 2.58. The summed E-state index contributed by atoms with van der Waals surface area (Å²) in [6.45, 7) is 12.8. The van der Waals surface area contributed by atoms with Crippen molar-refractivity contribution in [3.63, 3.8) is 0 Å². The van der Waals surface area contributed by atoms with Gasteiger partial charge in [0.05, 0.1) is 11.8 Å². The van der Waals surface area contributed by atoms with Gasteiger partial charge in [0.15, 0.2) is 0 Å². The van der Waals surface area contributed by atoms with Gasteiger partial charge in [-0.25, -0.2) is 9.59 Å². The predicted molar refractivity (Wildman–Crippen MR) is 106 cm³/mol. The van der Waals surface area contributed by atoms with E-state index in [0.717, 1.165) is 12.3 Å². The second-order valence-corrected chi connectivity index (χ2v) is 9.94. The van der Waals surface area contributed by atoms with Gasteiger partial charge in [-0.15, -0.1) is 0 Å². The first-order valence-corrected chi connectivity index (χ1v) is 10.6. The van der Waals surface area contributed by atoms with Crippen LogP contribution in [0.25, 0.3) is 0 Å². The summed E-state index contributed by atoms with van der Waals surface area (Å²) in [7, 11) is 0. The first-order chi connectivity index (χ1) is 13.1. The summed E-state index contributed by atoms with van der Waals surface area (Å²) in [5.41, 5.74) is 1.33. The Morgan fingerprint density at radius 1 is 1.18 bits per heavy atom. The lowest BCUT2D eigenvalue weighted by Crippen LogP contribution is -2.38. The van der Waals surface area contributed by atoms with Crippen LogP contribution in [0, 0.1) is 29.1 Å². The molecule has 28 heavy (non-hydrogen) atoms. The van der Waals surface area contributed by atoms with Crippen molar-refractivity contribution in [2.75, 3.05) is 0 Å². The fourth-order valence-electron chi connectivity index (χ4n) is 5.14. The van der Waals surface area contributed by atoms with Crippen LogP contribution in [0.15, 0.2) is 23.5 Å². The molecule has 5 unspecified atom stereocenters. The minimum absolute atomic E-state index is 0.0314. The monoisotopic (exact) mass is 390 g/mol. The largest absolute Gasteiger partial charge is 0.458 e. The molecule has 0 spiro atoms. The van der Waals surface area contributed by atoms with E-state index < -0.39 is 6.29 Å². The van der Waals surface area contributed by atoms with Gasteiger partial charge in [0.2, 0.25) is 0 Å². The Kier molecular flexibility index (Phi) is 5.92. The molecule has 0 aromatic rings. The zero-order valence-corrected chi connectivity index (χ0v) is 18.0. The van der Waals surface area contributed by atoms with Gasteiger partial charge in [-0.3, -0.25) is 0 Å². The fraction of sp³-hybridized carbons (Fsp3) is 0.739. The van der Waals surface area contributed by atoms with Crippen molar-refractivity contribution in [1.29, 1.82) is 0 Å². The molecule has 156 valence electrons. The molecule has 0 bridgehead atoms. The van der Waals surface area contributed by atoms with Gasteiger partial charge >= 0.3 is 11.9 Å². The van der Waals surface area contributed by atoms with E-state index in [1.807, 2.05) is 0 Å². The van der Waals surface area contributed by atoms with Crippen LogP contribution in [0.4, 0.5) is 0 Å². The molecule has 4 aliphatic rings. The van der Waals surface area contributed by atoms with Crippen molar-refractivity contribution >= 4 is 11.9 Å². The number of rotatable bonds is 2. The SMILES string of the molecule is CC(C)C.CC1=CC(O/C=C2/C(=O)OC3C2CC2CCCC(C)(C)C23)OC1=O. The van der Waals surface area contributed by atoms with Gasteiger partial charge in [-0.1, -0.05) is 41.0 Å². The number of hydrogen-bond donors (Lipinski definition) is 0. The van der Waals surface area contributed by atoms with Crippen LogP contribution in [-0.2, 0) is 23.8 Å². The number of hydrogen-bond acceptors (Lipinski definition) is 5. The third-order valence-corrected chi connectivity index (χ3v) is 6.25. The third-order valence-electron chi connectivity index (χ3n) is 6.25. The topological polar surface area (TPSA) is 61.8 Å². The van der Waals surface area contributed by atoms with E-state index in [9.17, 15) is 9.59 Å². The molecule has 0 amide bonds. The van der Waals surface area contributed by atoms with Gasteiger partial charge < -0.3 is 14.2 Å². The van der Waals surface area contributed by atoms with Crippen molar-refractivity contribution in [3.05, 3.63) is 23.5 Å². The maximum atomic E-state index is 12.3. The Bertz CT molecular complexity index is 684. The quantitative estimate of drug-likeness (QED) is 0.386. The van der Waals surface area contributed by atoms with Crippen molar-refractivity contribution in [3.8, 4) is 0 Å². The molecule has 5 atom stereocenters. The van der Waals surface area contributed by atoms with Crippen molar-refractivity contribution in [2.24, 2.45) is 29.1 Å². The van der Waals surface area contributed by atoms with Gasteiger partial charge in [0, 0.05) is 23.5 Å². The van der Waals surface area contributed by atoms with E-state index in [1.54, 1.807) is 13.0 Å². The molecule has 0 aromatic carbocycles. The molecule has 4 rings (SSSR count). The van der Waals surface area contributed by atoms with Crippen molar-refractivity contribution < 1.29 is 23.8 Å². The summed E-state index contributed by atoms with van der Waals surface area (Å²) in [6, 6.07) is 0. The minimum Gasteiger partial charge on any atom is -0.458 e. The van der Waals surface area contributed by atoms with Crippen molar-refractivity contribution in [2.45, 2.75) is 79.6 Å². The average Bonchev–Trinajstić information content (AvgIpc) is 3.17. The second kappa shape index (κ2) is 7.92. The number of fused-ring (bicyclic) bond motifs is 3. The van der Waals surface area contributed by atoms with Gasteiger partial charge in [0.25, 0.3) is 6.29 Å². The zero-order chi connectivity index (χ0) is 20.6. The number of carbonyl (C=O) groups excluding carboxylic acids is 2. The van der Waals surface area contributed by atoms with Crippen molar-refractivity contribution in [1.82, 2.24) is 0 Å². The molecule has 2 aliphatic carbocycles. The molecular formula is C23H34O5. The van der Waals surface area contributed by atoms with Crippen LogP contribution >= 0.6 is 0 Å². The molecule has 1 saturated heterocycles. The van der Waals surface area contributed by atoms with Crippen LogP contribution in [0.5, 0.6) is 0 Å². The van der Waals surface area contributed by atoms with Crippen LogP contribution in [-0.4, -0.2) is 24.3 Å². The Hall–Kier alpha value is -1.78. The van der Waals surface area contributed by atoms with E-state index in [0.29, 0.717) is 23.0 Å². The van der Waals surface area contributed by atoms with E-state index in [4.69, 9.17) is 14.2 Å². The second-order valence-electron chi connectivity index (χ2n) is 9.94. The van der Waals surface area contributed by atoms with Gasteiger partial charge in [-0.2, -0.15) is 0 Å². The summed E-state index contributed by atoms with van der Waals surface area (Å²) in [4.78, 5) is 23.7. The molecule has 5 nitrogen and oxygen atoms in total. The van der Waals surface area contributed by atoms with Crippen LogP contribution in [0.2, 0.25) is 0 Å². The third kappa shape index (κ3) is 4.13. The summed E-state index contributed by atoms with van der Waals surface area (Å²) in [6.07, 6.45) is 6.95. The van der Waals surface area contributed by atoms with Crippen LogP contribution in [0.1, 0.15) is 67.2 Å². The summed E-state index contributed by atoms with van der Waals surface area (Å²) in [5.74, 6) is 1.32. The van der Waals surface area contributed by atoms with Gasteiger partial charge in [-0.05, 0) is 43.4 Å². The van der Waals surface area contributed by atoms with E-state index >= 15 is 0 Å².